The van der Waals surface area contributed by atoms with Crippen LogP contribution < -0.4 is 21.5 Å². The number of nitrogens with one attached hydrogen (secondary N) is 2. The number of rotatable bonds is 8. The molecule has 9 heteroatoms. The minimum Gasteiger partial charge on any atom is -0.491 e. The second-order valence-electron chi connectivity index (χ2n) is 8.42. The first-order valence-corrected chi connectivity index (χ1v) is 11.7. The van der Waals surface area contributed by atoms with Gasteiger partial charge in [-0.25, -0.2) is 14.4 Å². The molecule has 0 saturated carbocycles. The van der Waals surface area contributed by atoms with Crippen LogP contribution in [0.4, 0.5) is 15.9 Å². The molecule has 5 aromatic rings. The number of ether oxygens (including phenoxy) is 1. The highest BCUT2D eigenvalue weighted by Gasteiger charge is 2.21. The Hall–Kier alpha value is -4.92. The van der Waals surface area contributed by atoms with Gasteiger partial charge in [-0.1, -0.05) is 24.3 Å². The summed E-state index contributed by atoms with van der Waals surface area (Å²) in [5.74, 6) is 0.164. The van der Waals surface area contributed by atoms with Crippen molar-refractivity contribution < 1.29 is 13.9 Å². The van der Waals surface area contributed by atoms with Gasteiger partial charge in [0.25, 0.3) is 0 Å². The molecule has 5 rings (SSSR count). The van der Waals surface area contributed by atoms with Crippen LogP contribution in [0.1, 0.15) is 34.7 Å². The number of nitrogen functional groups attached to an aromatic ring is 1. The number of nitrogens with two attached hydrogens (primary N) is 2. The minimum atomic E-state index is -0.536. The van der Waals surface area contributed by atoms with Crippen LogP contribution in [0.3, 0.4) is 0 Å². The molecule has 1 amide bonds. The first-order chi connectivity index (χ1) is 17.9. The zero-order valence-electron chi connectivity index (χ0n) is 20.0. The molecule has 37 heavy (non-hydrogen) atoms. The molecule has 0 radical (unpaired) electrons. The minimum absolute atomic E-state index is 0.148. The SMILES string of the molecule is CCOc1cc(C(Nc2ccc3c(N)nccc3c2)c2ncc(-c3ccccc3C(N)=O)[nH]2)ccc1F. The number of benzene rings is 3. The predicted octanol–water partition coefficient (Wildman–Crippen LogP) is 5.05. The summed E-state index contributed by atoms with van der Waals surface area (Å²) in [5.41, 5.74) is 14.7. The number of aromatic nitrogens is 3. The first kappa shape index (κ1) is 23.8. The van der Waals surface area contributed by atoms with Crippen LogP contribution in [0.25, 0.3) is 22.0 Å². The molecule has 0 saturated heterocycles. The Bertz CT molecular complexity index is 1600. The van der Waals surface area contributed by atoms with Crippen LogP contribution in [-0.4, -0.2) is 27.5 Å². The number of hydrogen-bond donors (Lipinski definition) is 4. The molecule has 0 aliphatic carbocycles. The van der Waals surface area contributed by atoms with Gasteiger partial charge in [0.1, 0.15) is 17.7 Å². The van der Waals surface area contributed by atoms with Crippen molar-refractivity contribution in [2.45, 2.75) is 13.0 Å². The summed E-state index contributed by atoms with van der Waals surface area (Å²) >= 11 is 0. The molecule has 0 spiro atoms. The molecule has 2 heterocycles. The third-order valence-corrected chi connectivity index (χ3v) is 6.05. The van der Waals surface area contributed by atoms with Gasteiger partial charge in [-0.05, 0) is 60.3 Å². The van der Waals surface area contributed by atoms with Gasteiger partial charge in [0, 0.05) is 28.4 Å². The molecule has 1 atom stereocenters. The number of halogens is 1. The highest BCUT2D eigenvalue weighted by molar-refractivity contribution is 5.99. The smallest absolute Gasteiger partial charge is 0.249 e. The summed E-state index contributed by atoms with van der Waals surface area (Å²) in [6.07, 6.45) is 3.30. The van der Waals surface area contributed by atoms with Crippen LogP contribution >= 0.6 is 0 Å². The Labute approximate surface area is 212 Å². The topological polar surface area (TPSA) is 132 Å². The highest BCUT2D eigenvalue weighted by atomic mass is 19.1. The molecule has 2 aromatic heterocycles. The summed E-state index contributed by atoms with van der Waals surface area (Å²) < 4.78 is 19.9. The maximum absolute atomic E-state index is 14.4. The van der Waals surface area contributed by atoms with Crippen LogP contribution in [0.5, 0.6) is 5.75 Å². The van der Waals surface area contributed by atoms with E-state index in [0.717, 1.165) is 22.0 Å². The number of H-pyrrole nitrogens is 1. The van der Waals surface area contributed by atoms with Crippen LogP contribution in [0, 0.1) is 5.82 Å². The normalized spacial score (nSPS) is 11.8. The maximum atomic E-state index is 14.4. The Morgan fingerprint density at radius 3 is 2.76 bits per heavy atom. The second kappa shape index (κ2) is 9.98. The number of aromatic amines is 1. The predicted molar refractivity (Wildman–Crippen MR) is 142 cm³/mol. The molecule has 8 nitrogen and oxygen atoms in total. The lowest BCUT2D eigenvalue weighted by atomic mass is 10.0. The molecule has 1 unspecified atom stereocenters. The summed E-state index contributed by atoms with van der Waals surface area (Å²) in [7, 11) is 0. The zero-order valence-corrected chi connectivity index (χ0v) is 20.0. The van der Waals surface area contributed by atoms with Gasteiger partial charge < -0.3 is 26.5 Å². The van der Waals surface area contributed by atoms with E-state index < -0.39 is 17.8 Å². The maximum Gasteiger partial charge on any atom is 0.249 e. The molecule has 0 aliphatic rings. The number of nitrogens with zero attached hydrogens (tertiary/aromatic N) is 2. The average molecular weight is 497 g/mol. The van der Waals surface area contributed by atoms with Crippen molar-refractivity contribution in [1.29, 1.82) is 0 Å². The number of hydrogen-bond acceptors (Lipinski definition) is 6. The summed E-state index contributed by atoms with van der Waals surface area (Å²) in [5, 5.41) is 5.25. The van der Waals surface area contributed by atoms with E-state index >= 15 is 0 Å². The van der Waals surface area contributed by atoms with E-state index in [1.165, 1.54) is 6.07 Å². The van der Waals surface area contributed by atoms with Gasteiger partial charge in [0.05, 0.1) is 18.5 Å². The van der Waals surface area contributed by atoms with E-state index in [0.29, 0.717) is 35.1 Å². The molecule has 0 bridgehead atoms. The number of fused-ring (bicyclic) bond motifs is 1. The summed E-state index contributed by atoms with van der Waals surface area (Å²) in [4.78, 5) is 24.0. The van der Waals surface area contributed by atoms with Crippen molar-refractivity contribution in [3.63, 3.8) is 0 Å². The third kappa shape index (κ3) is 4.79. The molecule has 6 N–H and O–H groups in total. The number of anilines is 2. The van der Waals surface area contributed by atoms with Gasteiger partial charge in [-0.15, -0.1) is 0 Å². The summed E-state index contributed by atoms with van der Waals surface area (Å²) in [6, 6.07) is 18.9. The van der Waals surface area contributed by atoms with Gasteiger partial charge in [0.15, 0.2) is 11.6 Å². The number of primary amides is 1. The Morgan fingerprint density at radius 1 is 1.11 bits per heavy atom. The lowest BCUT2D eigenvalue weighted by Crippen LogP contribution is -2.15. The van der Waals surface area contributed by atoms with E-state index in [-0.39, 0.29) is 5.75 Å². The van der Waals surface area contributed by atoms with Crippen LogP contribution in [0.15, 0.2) is 79.1 Å². The standard InChI is InChI=1S/C28H25FN6O2/c1-2-37-24-14-17(7-10-22(24)29)25(34-18-8-9-19-16(13-18)11-12-32-26(19)30)28-33-15-23(35-28)20-5-3-4-6-21(20)27(31)36/h3-15,25,34H,2H2,1H3,(H2,30,32)(H2,31,36)(H,33,35). The molecule has 186 valence electrons. The highest BCUT2D eigenvalue weighted by Crippen LogP contribution is 2.32. The fourth-order valence-corrected chi connectivity index (χ4v) is 4.29. The average Bonchev–Trinajstić information content (AvgIpc) is 3.39. The third-order valence-electron chi connectivity index (χ3n) is 6.05. The van der Waals surface area contributed by atoms with Crippen molar-refractivity contribution in [2.75, 3.05) is 17.7 Å². The van der Waals surface area contributed by atoms with Crippen molar-refractivity contribution in [3.8, 4) is 17.0 Å². The van der Waals surface area contributed by atoms with E-state index in [9.17, 15) is 9.18 Å². The number of carbonyl (C=O) groups excluding carboxylic acids is 1. The zero-order chi connectivity index (χ0) is 25.9. The molecule has 3 aromatic carbocycles. The quantitative estimate of drug-likeness (QED) is 0.238. The number of amides is 1. The monoisotopic (exact) mass is 496 g/mol. The van der Waals surface area contributed by atoms with Crippen molar-refractivity contribution in [2.24, 2.45) is 5.73 Å². The second-order valence-corrected chi connectivity index (χ2v) is 8.42. The lowest BCUT2D eigenvalue weighted by Gasteiger charge is -2.20. The molecule has 0 fully saturated rings. The number of carbonyl (C=O) groups is 1. The Balaban J connectivity index is 1.59. The van der Waals surface area contributed by atoms with Gasteiger partial charge in [-0.3, -0.25) is 4.79 Å². The first-order valence-electron chi connectivity index (χ1n) is 11.7. The van der Waals surface area contributed by atoms with E-state index in [1.807, 2.05) is 30.3 Å². The Morgan fingerprint density at radius 2 is 1.95 bits per heavy atom. The van der Waals surface area contributed by atoms with Gasteiger partial charge >= 0.3 is 0 Å². The van der Waals surface area contributed by atoms with Gasteiger partial charge in [0.2, 0.25) is 5.91 Å². The largest absolute Gasteiger partial charge is 0.491 e. The number of imidazole rings is 1. The Kier molecular flexibility index (Phi) is 6.42. The van der Waals surface area contributed by atoms with E-state index in [1.54, 1.807) is 49.6 Å². The molecular formula is C28H25FN6O2. The van der Waals surface area contributed by atoms with Crippen molar-refractivity contribution >= 4 is 28.2 Å². The van der Waals surface area contributed by atoms with E-state index in [4.69, 9.17) is 16.2 Å². The van der Waals surface area contributed by atoms with Crippen LogP contribution in [0.2, 0.25) is 0 Å². The fourth-order valence-electron chi connectivity index (χ4n) is 4.29. The lowest BCUT2D eigenvalue weighted by molar-refractivity contribution is 0.100. The molecule has 0 aliphatic heterocycles. The van der Waals surface area contributed by atoms with E-state index in [2.05, 4.69) is 20.3 Å². The summed E-state index contributed by atoms with van der Waals surface area (Å²) in [6.45, 7) is 2.12. The fraction of sp³-hybridized carbons (Fsp3) is 0.107. The van der Waals surface area contributed by atoms with Crippen molar-refractivity contribution in [1.82, 2.24) is 15.0 Å². The van der Waals surface area contributed by atoms with Crippen molar-refractivity contribution in [3.05, 3.63) is 102 Å². The molecular weight excluding hydrogens is 471 g/mol. The number of pyridine rings is 1. The van der Waals surface area contributed by atoms with Crippen LogP contribution in [-0.2, 0) is 0 Å². The van der Waals surface area contributed by atoms with Gasteiger partial charge in [-0.2, -0.15) is 0 Å².